The van der Waals surface area contributed by atoms with Crippen molar-refractivity contribution in [2.45, 2.75) is 45.3 Å². The molecule has 0 saturated carbocycles. The van der Waals surface area contributed by atoms with E-state index in [0.717, 1.165) is 28.1 Å². The van der Waals surface area contributed by atoms with Crippen LogP contribution in [0.25, 0.3) is 10.4 Å². The lowest BCUT2D eigenvalue weighted by Gasteiger charge is -2.35. The summed E-state index contributed by atoms with van der Waals surface area (Å²) in [5.41, 5.74) is 4.95. The SMILES string of the molecule is Cc1ncsc1-c1ccc(CNC(=O)[C@@H]2CCCN2C(=O)C(C)N2CCOCC2=O)cc1. The van der Waals surface area contributed by atoms with E-state index in [1.807, 2.05) is 36.7 Å². The first-order valence-electron chi connectivity index (χ1n) is 10.9. The van der Waals surface area contributed by atoms with Crippen molar-refractivity contribution >= 4 is 29.1 Å². The molecular formula is C23H28N4O4S. The van der Waals surface area contributed by atoms with Gasteiger partial charge in [-0.3, -0.25) is 14.4 Å². The number of likely N-dealkylation sites (tertiary alicyclic amines) is 1. The van der Waals surface area contributed by atoms with Crippen LogP contribution in [0, 0.1) is 6.92 Å². The number of thiazole rings is 1. The summed E-state index contributed by atoms with van der Waals surface area (Å²) in [6, 6.07) is 6.97. The van der Waals surface area contributed by atoms with Crippen LogP contribution in [0.3, 0.4) is 0 Å². The number of nitrogens with one attached hydrogen (secondary N) is 1. The summed E-state index contributed by atoms with van der Waals surface area (Å²) in [6.07, 6.45) is 1.40. The van der Waals surface area contributed by atoms with Crippen LogP contribution in [0.15, 0.2) is 29.8 Å². The van der Waals surface area contributed by atoms with Gasteiger partial charge in [-0.2, -0.15) is 0 Å². The number of ether oxygens (including phenoxy) is 1. The third-order valence-corrected chi connectivity index (χ3v) is 7.09. The molecular weight excluding hydrogens is 428 g/mol. The molecule has 3 heterocycles. The summed E-state index contributed by atoms with van der Waals surface area (Å²) in [4.78, 5) is 46.6. The number of nitrogens with zero attached hydrogens (tertiary/aromatic N) is 3. The van der Waals surface area contributed by atoms with Gasteiger partial charge in [-0.05, 0) is 37.8 Å². The molecule has 170 valence electrons. The lowest BCUT2D eigenvalue weighted by molar-refractivity contribution is -0.154. The molecule has 2 saturated heterocycles. The van der Waals surface area contributed by atoms with Crippen molar-refractivity contribution in [1.82, 2.24) is 20.1 Å². The third-order valence-electron chi connectivity index (χ3n) is 6.11. The summed E-state index contributed by atoms with van der Waals surface area (Å²) in [7, 11) is 0. The van der Waals surface area contributed by atoms with E-state index in [4.69, 9.17) is 4.74 Å². The molecule has 2 fully saturated rings. The molecule has 8 nitrogen and oxygen atoms in total. The fraction of sp³-hybridized carbons (Fsp3) is 0.478. The highest BCUT2D eigenvalue weighted by Gasteiger charge is 2.38. The minimum atomic E-state index is -0.595. The summed E-state index contributed by atoms with van der Waals surface area (Å²) < 4.78 is 5.15. The average Bonchev–Trinajstić information content (AvgIpc) is 3.46. The van der Waals surface area contributed by atoms with Crippen LogP contribution in [0.2, 0.25) is 0 Å². The first-order chi connectivity index (χ1) is 15.5. The van der Waals surface area contributed by atoms with E-state index in [-0.39, 0.29) is 24.3 Å². The molecule has 0 spiro atoms. The van der Waals surface area contributed by atoms with E-state index < -0.39 is 12.1 Å². The molecule has 3 amide bonds. The molecule has 9 heteroatoms. The molecule has 32 heavy (non-hydrogen) atoms. The van der Waals surface area contributed by atoms with Crippen molar-refractivity contribution in [1.29, 1.82) is 0 Å². The molecule has 2 aliphatic rings. The molecule has 0 bridgehead atoms. The fourth-order valence-electron chi connectivity index (χ4n) is 4.28. The van der Waals surface area contributed by atoms with Crippen LogP contribution >= 0.6 is 11.3 Å². The van der Waals surface area contributed by atoms with Crippen molar-refractivity contribution < 1.29 is 19.1 Å². The Hall–Kier alpha value is -2.78. The van der Waals surface area contributed by atoms with Crippen molar-refractivity contribution in [2.24, 2.45) is 0 Å². The Bertz CT molecular complexity index is 990. The second-order valence-corrected chi connectivity index (χ2v) is 9.04. The van der Waals surface area contributed by atoms with Gasteiger partial charge in [-0.15, -0.1) is 11.3 Å². The van der Waals surface area contributed by atoms with Gasteiger partial charge in [0.25, 0.3) is 0 Å². The normalized spacial score (nSPS) is 19.8. The van der Waals surface area contributed by atoms with Gasteiger partial charge in [0.15, 0.2) is 0 Å². The van der Waals surface area contributed by atoms with Gasteiger partial charge in [0.2, 0.25) is 17.7 Å². The average molecular weight is 457 g/mol. The summed E-state index contributed by atoms with van der Waals surface area (Å²) in [5, 5.41) is 2.98. The second-order valence-electron chi connectivity index (χ2n) is 8.19. The van der Waals surface area contributed by atoms with Gasteiger partial charge in [-0.1, -0.05) is 24.3 Å². The van der Waals surface area contributed by atoms with E-state index in [9.17, 15) is 14.4 Å². The highest BCUT2D eigenvalue weighted by molar-refractivity contribution is 7.13. The van der Waals surface area contributed by atoms with Crippen molar-refractivity contribution in [3.05, 3.63) is 41.0 Å². The number of carbonyl (C=O) groups excluding carboxylic acids is 3. The van der Waals surface area contributed by atoms with Gasteiger partial charge >= 0.3 is 0 Å². The zero-order chi connectivity index (χ0) is 22.7. The lowest BCUT2D eigenvalue weighted by atomic mass is 10.1. The fourth-order valence-corrected chi connectivity index (χ4v) is 5.09. The summed E-state index contributed by atoms with van der Waals surface area (Å²) >= 11 is 1.61. The number of carbonyl (C=O) groups is 3. The standard InChI is InChI=1S/C23H28N4O4S/c1-15-21(32-14-25-15)18-7-5-17(6-8-18)12-24-22(29)19-4-3-9-27(19)23(30)16(2)26-10-11-31-13-20(26)28/h5-8,14,16,19H,3-4,9-13H2,1-2H3,(H,24,29)/t16?,19-/m0/s1. The number of amides is 3. The number of rotatable bonds is 6. The number of morpholine rings is 1. The lowest BCUT2D eigenvalue weighted by Crippen LogP contribution is -2.56. The predicted molar refractivity (Wildman–Crippen MR) is 121 cm³/mol. The molecule has 1 aromatic carbocycles. The first kappa shape index (κ1) is 22.4. The molecule has 2 aliphatic heterocycles. The molecule has 4 rings (SSSR count). The molecule has 2 atom stereocenters. The van der Waals surface area contributed by atoms with Gasteiger partial charge in [0.1, 0.15) is 18.7 Å². The highest BCUT2D eigenvalue weighted by Crippen LogP contribution is 2.27. The van der Waals surface area contributed by atoms with Crippen LogP contribution in [0.5, 0.6) is 0 Å². The Kier molecular flexibility index (Phi) is 6.86. The van der Waals surface area contributed by atoms with Crippen LogP contribution in [0.1, 0.15) is 31.0 Å². The van der Waals surface area contributed by atoms with E-state index in [0.29, 0.717) is 32.7 Å². The summed E-state index contributed by atoms with van der Waals surface area (Å²) in [6.45, 7) is 5.47. The Labute approximate surface area is 191 Å². The van der Waals surface area contributed by atoms with E-state index in [1.165, 1.54) is 0 Å². The second kappa shape index (κ2) is 9.79. The minimum absolute atomic E-state index is 0.00287. The number of aromatic nitrogens is 1. The Morgan fingerprint density at radius 3 is 2.75 bits per heavy atom. The monoisotopic (exact) mass is 456 g/mol. The molecule has 1 N–H and O–H groups in total. The van der Waals surface area contributed by atoms with Crippen molar-refractivity contribution in [3.63, 3.8) is 0 Å². The van der Waals surface area contributed by atoms with Crippen LogP contribution in [-0.4, -0.2) is 70.9 Å². The zero-order valence-corrected chi connectivity index (χ0v) is 19.2. The summed E-state index contributed by atoms with van der Waals surface area (Å²) in [5.74, 6) is -0.518. The molecule has 0 radical (unpaired) electrons. The Morgan fingerprint density at radius 1 is 1.28 bits per heavy atom. The minimum Gasteiger partial charge on any atom is -0.370 e. The molecule has 1 unspecified atom stereocenters. The molecule has 2 aromatic rings. The number of hydrogen-bond donors (Lipinski definition) is 1. The van der Waals surface area contributed by atoms with Crippen LogP contribution in [0.4, 0.5) is 0 Å². The molecule has 0 aliphatic carbocycles. The maximum Gasteiger partial charge on any atom is 0.249 e. The Morgan fingerprint density at radius 2 is 2.06 bits per heavy atom. The highest BCUT2D eigenvalue weighted by atomic mass is 32.1. The van der Waals surface area contributed by atoms with Crippen LogP contribution < -0.4 is 5.32 Å². The van der Waals surface area contributed by atoms with E-state index >= 15 is 0 Å². The predicted octanol–water partition coefficient (Wildman–Crippen LogP) is 1.97. The zero-order valence-electron chi connectivity index (χ0n) is 18.4. The third kappa shape index (κ3) is 4.68. The maximum atomic E-state index is 13.1. The topological polar surface area (TPSA) is 91.8 Å². The van der Waals surface area contributed by atoms with Crippen LogP contribution in [-0.2, 0) is 25.7 Å². The van der Waals surface area contributed by atoms with Gasteiger partial charge in [-0.25, -0.2) is 4.98 Å². The number of aryl methyl sites for hydroxylation is 1. The maximum absolute atomic E-state index is 13.1. The van der Waals surface area contributed by atoms with Gasteiger partial charge in [0, 0.05) is 19.6 Å². The smallest absolute Gasteiger partial charge is 0.249 e. The number of hydrogen-bond acceptors (Lipinski definition) is 6. The first-order valence-corrected chi connectivity index (χ1v) is 11.8. The van der Waals surface area contributed by atoms with Crippen molar-refractivity contribution in [3.8, 4) is 10.4 Å². The van der Waals surface area contributed by atoms with Gasteiger partial charge in [0.05, 0.1) is 22.7 Å². The van der Waals surface area contributed by atoms with Crippen molar-refractivity contribution in [2.75, 3.05) is 26.3 Å². The molecule has 1 aromatic heterocycles. The van der Waals surface area contributed by atoms with E-state index in [1.54, 1.807) is 28.1 Å². The van der Waals surface area contributed by atoms with E-state index in [2.05, 4.69) is 10.3 Å². The number of benzene rings is 1. The largest absolute Gasteiger partial charge is 0.370 e. The quantitative estimate of drug-likeness (QED) is 0.718. The Balaban J connectivity index is 1.35. The van der Waals surface area contributed by atoms with Gasteiger partial charge < -0.3 is 19.9 Å².